The molecule has 1 atom stereocenters. The molecular weight excluding hydrogens is 216 g/mol. The number of rotatable bonds is 6. The van der Waals surface area contributed by atoms with E-state index in [0.29, 0.717) is 11.7 Å². The Morgan fingerprint density at radius 2 is 2.06 bits per heavy atom. The Bertz CT molecular complexity index is 400. The van der Waals surface area contributed by atoms with Crippen LogP contribution < -0.4 is 16.2 Å². The highest BCUT2D eigenvalue weighted by Crippen LogP contribution is 2.02. The average Bonchev–Trinajstić information content (AvgIpc) is 2.27. The number of anilines is 1. The second-order valence-electron chi connectivity index (χ2n) is 4.63. The fourth-order valence-corrected chi connectivity index (χ4v) is 1.64. The zero-order valence-electron chi connectivity index (χ0n) is 11.0. The zero-order chi connectivity index (χ0) is 12.8. The van der Waals surface area contributed by atoms with Gasteiger partial charge < -0.3 is 15.2 Å². The minimum Gasteiger partial charge on any atom is -0.365 e. The molecule has 0 radical (unpaired) electrons. The lowest BCUT2D eigenvalue weighted by Crippen LogP contribution is -2.29. The van der Waals surface area contributed by atoms with E-state index in [1.54, 1.807) is 17.0 Å². The van der Waals surface area contributed by atoms with Crippen LogP contribution in [0.15, 0.2) is 17.2 Å². The molecule has 0 amide bonds. The van der Waals surface area contributed by atoms with Gasteiger partial charge in [-0.05, 0) is 33.4 Å². The molecule has 0 saturated heterocycles. The number of hydrogen-bond donors (Lipinski definition) is 2. The lowest BCUT2D eigenvalue weighted by Gasteiger charge is -2.14. The molecule has 2 N–H and O–H groups in total. The van der Waals surface area contributed by atoms with E-state index in [9.17, 15) is 4.79 Å². The fourth-order valence-electron chi connectivity index (χ4n) is 1.64. The molecule has 0 aromatic carbocycles. The van der Waals surface area contributed by atoms with Crippen LogP contribution >= 0.6 is 0 Å². The maximum Gasteiger partial charge on any atom is 0.293 e. The largest absolute Gasteiger partial charge is 0.365 e. The molecule has 0 fully saturated rings. The first-order chi connectivity index (χ1) is 8.06. The number of aromatic nitrogens is 2. The van der Waals surface area contributed by atoms with Crippen LogP contribution in [-0.2, 0) is 0 Å². The molecule has 5 heteroatoms. The van der Waals surface area contributed by atoms with Crippen molar-refractivity contribution in [3.05, 3.63) is 22.7 Å². The SMILES string of the molecule is CNCC(C)CNc1nccn(C(C)C)c1=O. The maximum absolute atomic E-state index is 12.0. The molecule has 0 bridgehead atoms. The van der Waals surface area contributed by atoms with Crippen LogP contribution in [0.25, 0.3) is 0 Å². The molecule has 1 aromatic heterocycles. The average molecular weight is 238 g/mol. The van der Waals surface area contributed by atoms with Gasteiger partial charge in [-0.1, -0.05) is 6.92 Å². The van der Waals surface area contributed by atoms with E-state index in [-0.39, 0.29) is 11.6 Å². The summed E-state index contributed by atoms with van der Waals surface area (Å²) in [7, 11) is 1.92. The first-order valence-electron chi connectivity index (χ1n) is 6.01. The Labute approximate surface area is 102 Å². The quantitative estimate of drug-likeness (QED) is 0.779. The topological polar surface area (TPSA) is 59.0 Å². The third kappa shape index (κ3) is 3.85. The molecule has 0 aliphatic carbocycles. The first-order valence-corrected chi connectivity index (χ1v) is 6.01. The smallest absolute Gasteiger partial charge is 0.293 e. The predicted molar refractivity (Wildman–Crippen MR) is 70.5 cm³/mol. The molecule has 96 valence electrons. The van der Waals surface area contributed by atoms with Crippen molar-refractivity contribution < 1.29 is 0 Å². The van der Waals surface area contributed by atoms with E-state index in [0.717, 1.165) is 13.1 Å². The van der Waals surface area contributed by atoms with Crippen molar-refractivity contribution in [1.82, 2.24) is 14.9 Å². The Morgan fingerprint density at radius 3 is 2.65 bits per heavy atom. The van der Waals surface area contributed by atoms with Crippen molar-refractivity contribution >= 4 is 5.82 Å². The summed E-state index contributed by atoms with van der Waals surface area (Å²) < 4.78 is 1.68. The van der Waals surface area contributed by atoms with E-state index >= 15 is 0 Å². The van der Waals surface area contributed by atoms with Gasteiger partial charge in [-0.2, -0.15) is 0 Å². The lowest BCUT2D eigenvalue weighted by atomic mass is 10.2. The summed E-state index contributed by atoms with van der Waals surface area (Å²) in [4.78, 5) is 16.1. The van der Waals surface area contributed by atoms with Gasteiger partial charge in [-0.25, -0.2) is 4.98 Å². The second kappa shape index (κ2) is 6.39. The third-order valence-electron chi connectivity index (χ3n) is 2.59. The van der Waals surface area contributed by atoms with E-state index < -0.39 is 0 Å². The van der Waals surface area contributed by atoms with E-state index in [1.165, 1.54) is 0 Å². The van der Waals surface area contributed by atoms with Crippen LogP contribution in [0.3, 0.4) is 0 Å². The molecule has 1 unspecified atom stereocenters. The maximum atomic E-state index is 12.0. The van der Waals surface area contributed by atoms with Crippen molar-refractivity contribution in [3.63, 3.8) is 0 Å². The molecule has 1 aromatic rings. The monoisotopic (exact) mass is 238 g/mol. The highest BCUT2D eigenvalue weighted by molar-refractivity contribution is 5.30. The van der Waals surface area contributed by atoms with Crippen molar-refractivity contribution in [2.24, 2.45) is 5.92 Å². The fraction of sp³-hybridized carbons (Fsp3) is 0.667. The van der Waals surface area contributed by atoms with Crippen molar-refractivity contribution in [1.29, 1.82) is 0 Å². The molecule has 5 nitrogen and oxygen atoms in total. The lowest BCUT2D eigenvalue weighted by molar-refractivity contribution is 0.560. The van der Waals surface area contributed by atoms with Gasteiger partial charge in [0.05, 0.1) is 0 Å². The number of hydrogen-bond acceptors (Lipinski definition) is 4. The molecule has 0 aliphatic heterocycles. The predicted octanol–water partition coefficient (Wildman–Crippen LogP) is 1.09. The zero-order valence-corrected chi connectivity index (χ0v) is 11.0. The van der Waals surface area contributed by atoms with Gasteiger partial charge in [0.1, 0.15) is 0 Å². The van der Waals surface area contributed by atoms with Crippen LogP contribution in [-0.4, -0.2) is 29.7 Å². The molecule has 1 heterocycles. The van der Waals surface area contributed by atoms with Gasteiger partial charge in [-0.3, -0.25) is 4.79 Å². The summed E-state index contributed by atoms with van der Waals surface area (Å²) in [5.41, 5.74) is -0.0563. The summed E-state index contributed by atoms with van der Waals surface area (Å²) in [5.74, 6) is 0.887. The summed E-state index contributed by atoms with van der Waals surface area (Å²) in [6, 6.07) is 0.154. The molecule has 0 saturated carbocycles. The summed E-state index contributed by atoms with van der Waals surface area (Å²) in [5, 5.41) is 6.21. The van der Waals surface area contributed by atoms with Crippen molar-refractivity contribution in [2.45, 2.75) is 26.8 Å². The summed E-state index contributed by atoms with van der Waals surface area (Å²) in [6.45, 7) is 7.74. The van der Waals surface area contributed by atoms with Gasteiger partial charge in [0.25, 0.3) is 5.56 Å². The molecule has 0 spiro atoms. The van der Waals surface area contributed by atoms with Gasteiger partial charge in [0.15, 0.2) is 5.82 Å². The van der Waals surface area contributed by atoms with Crippen LogP contribution in [0, 0.1) is 5.92 Å². The Kier molecular flexibility index (Phi) is 5.15. The highest BCUT2D eigenvalue weighted by Gasteiger charge is 2.08. The Morgan fingerprint density at radius 1 is 1.35 bits per heavy atom. The summed E-state index contributed by atoms with van der Waals surface area (Å²) >= 11 is 0. The third-order valence-corrected chi connectivity index (χ3v) is 2.59. The Hall–Kier alpha value is -1.36. The van der Waals surface area contributed by atoms with Crippen LogP contribution in [0.2, 0.25) is 0 Å². The molecular formula is C12H22N4O. The molecule has 0 aliphatic rings. The first kappa shape index (κ1) is 13.7. The number of nitrogens with zero attached hydrogens (tertiary/aromatic N) is 2. The van der Waals surface area contributed by atoms with Gasteiger partial charge in [0.2, 0.25) is 0 Å². The minimum atomic E-state index is -0.0563. The molecule has 1 rings (SSSR count). The van der Waals surface area contributed by atoms with Crippen molar-refractivity contribution in [3.8, 4) is 0 Å². The minimum absolute atomic E-state index is 0.0563. The van der Waals surface area contributed by atoms with E-state index in [1.807, 2.05) is 20.9 Å². The van der Waals surface area contributed by atoms with Gasteiger partial charge >= 0.3 is 0 Å². The van der Waals surface area contributed by atoms with Crippen LogP contribution in [0.1, 0.15) is 26.8 Å². The summed E-state index contributed by atoms with van der Waals surface area (Å²) in [6.07, 6.45) is 3.38. The van der Waals surface area contributed by atoms with Crippen LogP contribution in [0.4, 0.5) is 5.82 Å². The molecule has 17 heavy (non-hydrogen) atoms. The Balaban J connectivity index is 2.72. The standard InChI is InChI=1S/C12H22N4O/c1-9(2)16-6-5-14-11(12(16)17)15-8-10(3)7-13-4/h5-6,9-10,13H,7-8H2,1-4H3,(H,14,15). The number of nitrogens with one attached hydrogen (secondary N) is 2. The highest BCUT2D eigenvalue weighted by atomic mass is 16.1. The van der Waals surface area contributed by atoms with Crippen molar-refractivity contribution in [2.75, 3.05) is 25.5 Å². The van der Waals surface area contributed by atoms with Gasteiger partial charge in [0, 0.05) is 25.0 Å². The van der Waals surface area contributed by atoms with Gasteiger partial charge in [-0.15, -0.1) is 0 Å². The normalized spacial score (nSPS) is 12.8. The second-order valence-corrected chi connectivity index (χ2v) is 4.63. The van der Waals surface area contributed by atoms with Crippen LogP contribution in [0.5, 0.6) is 0 Å². The van der Waals surface area contributed by atoms with E-state index in [4.69, 9.17) is 0 Å². The van der Waals surface area contributed by atoms with E-state index in [2.05, 4.69) is 22.5 Å².